The van der Waals surface area contributed by atoms with Crippen molar-refractivity contribution in [3.05, 3.63) is 47.5 Å². The minimum Gasteiger partial charge on any atom is -0.497 e. The molecule has 0 spiro atoms. The molecule has 2 rings (SSSR count). The Bertz CT molecular complexity index is 869. The Labute approximate surface area is 204 Å². The van der Waals surface area contributed by atoms with Gasteiger partial charge >= 0.3 is 6.61 Å². The average molecular weight is 565 g/mol. The Balaban J connectivity index is 0.00000512. The van der Waals surface area contributed by atoms with Crippen LogP contribution in [0.25, 0.3) is 0 Å². The smallest absolute Gasteiger partial charge is 0.387 e. The third kappa shape index (κ3) is 8.56. The fraction of sp³-hybridized carbons (Fsp3) is 0.409. The molecular formula is C22H30F2IN3O4. The Morgan fingerprint density at radius 2 is 1.66 bits per heavy atom. The summed E-state index contributed by atoms with van der Waals surface area (Å²) in [6.45, 7) is -1.98. The van der Waals surface area contributed by atoms with E-state index in [1.165, 1.54) is 13.2 Å². The largest absolute Gasteiger partial charge is 0.497 e. The second kappa shape index (κ2) is 14.5. The minimum atomic E-state index is -2.90. The molecule has 32 heavy (non-hydrogen) atoms. The first-order chi connectivity index (χ1) is 15.0. The predicted molar refractivity (Wildman–Crippen MR) is 131 cm³/mol. The van der Waals surface area contributed by atoms with Crippen molar-refractivity contribution in [2.75, 3.05) is 34.9 Å². The highest BCUT2D eigenvalue weighted by Crippen LogP contribution is 2.28. The first-order valence-electron chi connectivity index (χ1n) is 9.77. The van der Waals surface area contributed by atoms with E-state index in [-0.39, 0.29) is 36.3 Å². The van der Waals surface area contributed by atoms with Gasteiger partial charge in [-0.15, -0.1) is 24.0 Å². The molecule has 0 radical (unpaired) electrons. The quantitative estimate of drug-likeness (QED) is 0.184. The molecule has 0 aliphatic rings. The van der Waals surface area contributed by atoms with Gasteiger partial charge in [-0.1, -0.05) is 6.07 Å². The summed E-state index contributed by atoms with van der Waals surface area (Å²) < 4.78 is 45.6. The van der Waals surface area contributed by atoms with Gasteiger partial charge in [-0.25, -0.2) is 0 Å². The van der Waals surface area contributed by atoms with E-state index in [2.05, 4.69) is 20.4 Å². The summed E-state index contributed by atoms with van der Waals surface area (Å²) in [5, 5.41) is 6.32. The van der Waals surface area contributed by atoms with Crippen molar-refractivity contribution in [3.8, 4) is 23.0 Å². The molecule has 0 fully saturated rings. The van der Waals surface area contributed by atoms with Crippen molar-refractivity contribution < 1.29 is 27.7 Å². The summed E-state index contributed by atoms with van der Waals surface area (Å²) in [4.78, 5) is 4.17. The van der Waals surface area contributed by atoms with E-state index in [0.717, 1.165) is 18.4 Å². The van der Waals surface area contributed by atoms with E-state index in [1.807, 2.05) is 18.2 Å². The molecule has 0 saturated heterocycles. The zero-order chi connectivity index (χ0) is 22.6. The number of nitrogens with one attached hydrogen (secondary N) is 2. The van der Waals surface area contributed by atoms with Gasteiger partial charge in [-0.2, -0.15) is 8.78 Å². The first-order valence-corrected chi connectivity index (χ1v) is 9.77. The molecule has 0 bridgehead atoms. The lowest BCUT2D eigenvalue weighted by atomic mass is 10.1. The highest BCUT2D eigenvalue weighted by molar-refractivity contribution is 14.0. The fourth-order valence-electron chi connectivity index (χ4n) is 2.97. The summed E-state index contributed by atoms with van der Waals surface area (Å²) in [6.07, 6.45) is 1.70. The SMILES string of the molecule is CN=C(NCCCc1ccc(OC)c(OC)c1)NCc1cc(OC)ccc1OC(F)F.I. The van der Waals surface area contributed by atoms with Gasteiger partial charge in [0.05, 0.1) is 21.3 Å². The normalized spacial score (nSPS) is 10.9. The number of rotatable bonds is 11. The molecule has 0 saturated carbocycles. The first kappa shape index (κ1) is 27.5. The topological polar surface area (TPSA) is 73.3 Å². The zero-order valence-corrected chi connectivity index (χ0v) is 20.9. The Morgan fingerprint density at radius 1 is 0.938 bits per heavy atom. The molecule has 0 atom stereocenters. The van der Waals surface area contributed by atoms with E-state index < -0.39 is 6.61 Å². The third-order valence-electron chi connectivity index (χ3n) is 4.54. The van der Waals surface area contributed by atoms with E-state index in [1.54, 1.807) is 33.4 Å². The molecule has 2 aromatic rings. The molecule has 0 aliphatic heterocycles. The van der Waals surface area contributed by atoms with Crippen LogP contribution < -0.4 is 29.6 Å². The molecule has 2 N–H and O–H groups in total. The van der Waals surface area contributed by atoms with Crippen LogP contribution in [0.1, 0.15) is 17.5 Å². The highest BCUT2D eigenvalue weighted by atomic mass is 127. The molecule has 0 unspecified atom stereocenters. The number of methoxy groups -OCH3 is 3. The fourth-order valence-corrected chi connectivity index (χ4v) is 2.97. The monoisotopic (exact) mass is 565 g/mol. The summed E-state index contributed by atoms with van der Waals surface area (Å²) in [7, 11) is 6.37. The molecular weight excluding hydrogens is 535 g/mol. The molecule has 10 heteroatoms. The van der Waals surface area contributed by atoms with Gasteiger partial charge in [0, 0.05) is 25.7 Å². The summed E-state index contributed by atoms with van der Waals surface area (Å²) in [6, 6.07) is 10.5. The molecule has 0 aliphatic carbocycles. The van der Waals surface area contributed by atoms with Crippen molar-refractivity contribution in [3.63, 3.8) is 0 Å². The second-order valence-corrected chi connectivity index (χ2v) is 6.50. The van der Waals surface area contributed by atoms with Crippen LogP contribution in [0.5, 0.6) is 23.0 Å². The third-order valence-corrected chi connectivity index (χ3v) is 4.54. The van der Waals surface area contributed by atoms with E-state index in [9.17, 15) is 8.78 Å². The average Bonchev–Trinajstić information content (AvgIpc) is 2.78. The number of nitrogens with zero attached hydrogens (tertiary/aromatic N) is 1. The van der Waals surface area contributed by atoms with Crippen molar-refractivity contribution >= 4 is 29.9 Å². The van der Waals surface area contributed by atoms with Gasteiger partial charge in [0.1, 0.15) is 11.5 Å². The molecule has 2 aromatic carbocycles. The number of aryl methyl sites for hydroxylation is 1. The predicted octanol–water partition coefficient (Wildman–Crippen LogP) is 4.23. The van der Waals surface area contributed by atoms with Crippen molar-refractivity contribution in [1.29, 1.82) is 0 Å². The van der Waals surface area contributed by atoms with Crippen LogP contribution in [-0.4, -0.2) is 47.5 Å². The lowest BCUT2D eigenvalue weighted by Crippen LogP contribution is -2.37. The molecule has 7 nitrogen and oxygen atoms in total. The number of ether oxygens (including phenoxy) is 4. The maximum absolute atomic E-state index is 12.7. The number of hydrogen-bond donors (Lipinski definition) is 2. The minimum absolute atomic E-state index is 0. The van der Waals surface area contributed by atoms with E-state index >= 15 is 0 Å². The number of benzene rings is 2. The van der Waals surface area contributed by atoms with Gasteiger partial charge in [0.15, 0.2) is 17.5 Å². The molecule has 0 amide bonds. The lowest BCUT2D eigenvalue weighted by molar-refractivity contribution is -0.0505. The Morgan fingerprint density at radius 3 is 2.28 bits per heavy atom. The van der Waals surface area contributed by atoms with Crippen molar-refractivity contribution in [2.45, 2.75) is 26.0 Å². The Kier molecular flexibility index (Phi) is 12.5. The zero-order valence-electron chi connectivity index (χ0n) is 18.6. The van der Waals surface area contributed by atoms with Gasteiger partial charge in [-0.05, 0) is 48.7 Å². The Hall–Kier alpha value is -2.50. The number of aliphatic imine (C=N–C) groups is 1. The highest BCUT2D eigenvalue weighted by Gasteiger charge is 2.12. The standard InChI is InChI=1S/C22H29F2N3O4.HI/c1-25-22(26-11-5-6-15-7-9-19(29-3)20(12-15)30-4)27-14-16-13-17(28-2)8-10-18(16)31-21(23)24;/h7-10,12-13,21H,5-6,11,14H2,1-4H3,(H2,25,26,27);1H. The van der Waals surface area contributed by atoms with Crippen LogP contribution in [0.4, 0.5) is 8.78 Å². The van der Waals surface area contributed by atoms with Crippen LogP contribution in [0.15, 0.2) is 41.4 Å². The summed E-state index contributed by atoms with van der Waals surface area (Å²) in [5.74, 6) is 2.59. The lowest BCUT2D eigenvalue weighted by Gasteiger charge is -2.15. The number of hydrogen-bond acceptors (Lipinski definition) is 5. The van der Waals surface area contributed by atoms with Crippen LogP contribution >= 0.6 is 24.0 Å². The second-order valence-electron chi connectivity index (χ2n) is 6.50. The number of guanidine groups is 1. The van der Waals surface area contributed by atoms with Crippen molar-refractivity contribution in [2.24, 2.45) is 4.99 Å². The van der Waals surface area contributed by atoms with Crippen LogP contribution in [0.3, 0.4) is 0 Å². The van der Waals surface area contributed by atoms with Crippen LogP contribution in [-0.2, 0) is 13.0 Å². The summed E-state index contributed by atoms with van der Waals surface area (Å²) >= 11 is 0. The van der Waals surface area contributed by atoms with E-state index in [4.69, 9.17) is 14.2 Å². The van der Waals surface area contributed by atoms with Gasteiger partial charge in [0.2, 0.25) is 0 Å². The van der Waals surface area contributed by atoms with Crippen molar-refractivity contribution in [1.82, 2.24) is 10.6 Å². The van der Waals surface area contributed by atoms with Gasteiger partial charge < -0.3 is 29.6 Å². The summed E-state index contributed by atoms with van der Waals surface area (Å²) in [5.41, 5.74) is 1.67. The maximum Gasteiger partial charge on any atom is 0.387 e. The van der Waals surface area contributed by atoms with E-state index in [0.29, 0.717) is 35.3 Å². The maximum atomic E-state index is 12.7. The van der Waals surface area contributed by atoms with Crippen LogP contribution in [0.2, 0.25) is 0 Å². The number of halogens is 3. The molecule has 0 heterocycles. The molecule has 178 valence electrons. The van der Waals surface area contributed by atoms with Gasteiger partial charge in [-0.3, -0.25) is 4.99 Å². The van der Waals surface area contributed by atoms with Crippen LogP contribution in [0, 0.1) is 0 Å². The molecule has 0 aromatic heterocycles. The van der Waals surface area contributed by atoms with Gasteiger partial charge in [0.25, 0.3) is 0 Å². The number of alkyl halides is 2.